The highest BCUT2D eigenvalue weighted by Crippen LogP contribution is 2.38. The van der Waals surface area contributed by atoms with Gasteiger partial charge in [0.1, 0.15) is 0 Å². The largest absolute Gasteiger partial charge is 0.330 e. The van der Waals surface area contributed by atoms with E-state index in [4.69, 9.17) is 5.73 Å². The van der Waals surface area contributed by atoms with E-state index in [2.05, 4.69) is 6.07 Å². The monoisotopic (exact) mass is 286 g/mol. The highest BCUT2D eigenvalue weighted by Gasteiger charge is 2.31. The zero-order valence-corrected chi connectivity index (χ0v) is 12.1. The minimum atomic E-state index is 0.180. The van der Waals surface area contributed by atoms with Crippen molar-refractivity contribution in [1.29, 1.82) is 0 Å². The summed E-state index contributed by atoms with van der Waals surface area (Å²) in [4.78, 5) is 15.6. The second-order valence-corrected chi connectivity index (χ2v) is 6.13. The number of hydrogen-bond acceptors (Lipinski definition) is 3. The third-order valence-corrected chi connectivity index (χ3v) is 4.67. The number of fused-ring (bicyclic) bond motifs is 1. The van der Waals surface area contributed by atoms with E-state index >= 15 is 0 Å². The number of amides is 1. The van der Waals surface area contributed by atoms with Gasteiger partial charge in [0.15, 0.2) is 0 Å². The molecule has 0 saturated carbocycles. The van der Waals surface area contributed by atoms with Crippen LogP contribution in [-0.4, -0.2) is 19.0 Å². The predicted octanol–water partition coefficient (Wildman–Crippen LogP) is 2.77. The van der Waals surface area contributed by atoms with Gasteiger partial charge in [0.2, 0.25) is 5.91 Å². The van der Waals surface area contributed by atoms with Crippen LogP contribution in [0.15, 0.2) is 41.8 Å². The first kappa shape index (κ1) is 13.3. The average Bonchev–Trinajstić information content (AvgIpc) is 3.08. The van der Waals surface area contributed by atoms with E-state index in [0.29, 0.717) is 18.9 Å². The SMILES string of the molecule is NCCC1CN(C(=O)Cc2cccs2)c2ccccc21. The van der Waals surface area contributed by atoms with Crippen LogP contribution in [0.25, 0.3) is 0 Å². The first-order valence-electron chi connectivity index (χ1n) is 6.91. The topological polar surface area (TPSA) is 46.3 Å². The van der Waals surface area contributed by atoms with Gasteiger partial charge in [-0.05, 0) is 36.0 Å². The van der Waals surface area contributed by atoms with Crippen molar-refractivity contribution in [2.75, 3.05) is 18.0 Å². The maximum Gasteiger partial charge on any atom is 0.232 e. The summed E-state index contributed by atoms with van der Waals surface area (Å²) in [5.74, 6) is 0.558. The van der Waals surface area contributed by atoms with Gasteiger partial charge in [0.25, 0.3) is 0 Å². The molecule has 3 rings (SSSR count). The molecular weight excluding hydrogens is 268 g/mol. The molecule has 1 atom stereocenters. The lowest BCUT2D eigenvalue weighted by atomic mass is 9.98. The third-order valence-electron chi connectivity index (χ3n) is 3.79. The Balaban J connectivity index is 1.82. The van der Waals surface area contributed by atoms with Crippen molar-refractivity contribution in [3.05, 3.63) is 52.2 Å². The number of para-hydroxylation sites is 1. The van der Waals surface area contributed by atoms with Gasteiger partial charge in [0.05, 0.1) is 6.42 Å². The molecule has 2 N–H and O–H groups in total. The molecule has 104 valence electrons. The summed E-state index contributed by atoms with van der Waals surface area (Å²) in [5, 5.41) is 2.01. The highest BCUT2D eigenvalue weighted by atomic mass is 32.1. The minimum absolute atomic E-state index is 0.180. The predicted molar refractivity (Wildman–Crippen MR) is 83.2 cm³/mol. The fourth-order valence-electron chi connectivity index (χ4n) is 2.84. The van der Waals surface area contributed by atoms with E-state index in [1.165, 1.54) is 5.56 Å². The molecule has 0 bridgehead atoms. The van der Waals surface area contributed by atoms with Gasteiger partial charge in [-0.1, -0.05) is 24.3 Å². The third kappa shape index (κ3) is 2.49. The number of nitrogens with two attached hydrogens (primary N) is 1. The van der Waals surface area contributed by atoms with Crippen LogP contribution in [0.1, 0.15) is 22.8 Å². The van der Waals surface area contributed by atoms with Gasteiger partial charge >= 0.3 is 0 Å². The summed E-state index contributed by atoms with van der Waals surface area (Å²) < 4.78 is 0. The van der Waals surface area contributed by atoms with Crippen molar-refractivity contribution in [3.8, 4) is 0 Å². The Morgan fingerprint density at radius 3 is 2.90 bits per heavy atom. The summed E-state index contributed by atoms with van der Waals surface area (Å²) >= 11 is 1.63. The Kier molecular flexibility index (Phi) is 3.85. The van der Waals surface area contributed by atoms with E-state index in [1.54, 1.807) is 11.3 Å². The standard InChI is InChI=1S/C16H18N2OS/c17-8-7-12-11-18(15-6-2-1-5-14(12)15)16(19)10-13-4-3-9-20-13/h1-6,9,12H,7-8,10-11,17H2. The van der Waals surface area contributed by atoms with Crippen molar-refractivity contribution in [3.63, 3.8) is 0 Å². The fourth-order valence-corrected chi connectivity index (χ4v) is 3.53. The van der Waals surface area contributed by atoms with E-state index < -0.39 is 0 Å². The maximum absolute atomic E-state index is 12.5. The first-order valence-corrected chi connectivity index (χ1v) is 7.79. The normalized spacial score (nSPS) is 17.2. The molecule has 0 fully saturated rings. The highest BCUT2D eigenvalue weighted by molar-refractivity contribution is 7.10. The number of hydrogen-bond donors (Lipinski definition) is 1. The van der Waals surface area contributed by atoms with Crippen molar-refractivity contribution >= 4 is 22.9 Å². The van der Waals surface area contributed by atoms with E-state index in [-0.39, 0.29) is 5.91 Å². The van der Waals surface area contributed by atoms with Gasteiger partial charge in [-0.3, -0.25) is 4.79 Å². The van der Waals surface area contributed by atoms with Crippen molar-refractivity contribution < 1.29 is 4.79 Å². The lowest BCUT2D eigenvalue weighted by Crippen LogP contribution is -2.31. The number of rotatable bonds is 4. The molecule has 1 amide bonds. The number of anilines is 1. The van der Waals surface area contributed by atoms with E-state index in [9.17, 15) is 4.79 Å². The molecule has 2 heterocycles. The fraction of sp³-hybridized carbons (Fsp3) is 0.312. The molecular formula is C16H18N2OS. The molecule has 1 aliphatic heterocycles. The molecule has 2 aromatic rings. The number of benzene rings is 1. The van der Waals surface area contributed by atoms with Gasteiger partial charge in [-0.2, -0.15) is 0 Å². The summed E-state index contributed by atoms with van der Waals surface area (Å²) in [6.07, 6.45) is 1.42. The molecule has 1 aromatic heterocycles. The van der Waals surface area contributed by atoms with Crippen molar-refractivity contribution in [2.24, 2.45) is 5.73 Å². The Morgan fingerprint density at radius 2 is 2.15 bits per heavy atom. The number of carbonyl (C=O) groups excluding carboxylic acids is 1. The second-order valence-electron chi connectivity index (χ2n) is 5.09. The van der Waals surface area contributed by atoms with E-state index in [1.807, 2.05) is 40.6 Å². The van der Waals surface area contributed by atoms with Crippen LogP contribution in [0.4, 0.5) is 5.69 Å². The molecule has 0 radical (unpaired) electrons. The van der Waals surface area contributed by atoms with Crippen LogP contribution < -0.4 is 10.6 Å². The van der Waals surface area contributed by atoms with Gasteiger partial charge in [-0.15, -0.1) is 11.3 Å². The molecule has 0 aliphatic carbocycles. The van der Waals surface area contributed by atoms with Crippen LogP contribution in [-0.2, 0) is 11.2 Å². The maximum atomic E-state index is 12.5. The van der Waals surface area contributed by atoms with Crippen molar-refractivity contribution in [1.82, 2.24) is 0 Å². The summed E-state index contributed by atoms with van der Waals surface area (Å²) in [6, 6.07) is 12.2. The molecule has 1 unspecified atom stereocenters. The molecule has 3 nitrogen and oxygen atoms in total. The summed E-state index contributed by atoms with van der Waals surface area (Å²) in [5.41, 5.74) is 8.02. The van der Waals surface area contributed by atoms with Gasteiger partial charge in [0, 0.05) is 23.0 Å². The molecule has 1 aliphatic rings. The lowest BCUT2D eigenvalue weighted by molar-refractivity contribution is -0.117. The average molecular weight is 286 g/mol. The molecule has 1 aromatic carbocycles. The zero-order valence-electron chi connectivity index (χ0n) is 11.3. The Bertz CT molecular complexity index is 594. The molecule has 0 saturated heterocycles. The summed E-state index contributed by atoms with van der Waals surface area (Å²) in [7, 11) is 0. The molecule has 4 heteroatoms. The van der Waals surface area contributed by atoms with Crippen LogP contribution in [0.5, 0.6) is 0 Å². The Labute approximate surface area is 123 Å². The van der Waals surface area contributed by atoms with Gasteiger partial charge in [-0.25, -0.2) is 0 Å². The Morgan fingerprint density at radius 1 is 1.30 bits per heavy atom. The van der Waals surface area contributed by atoms with Crippen LogP contribution >= 0.6 is 11.3 Å². The van der Waals surface area contributed by atoms with Crippen LogP contribution in [0, 0.1) is 0 Å². The minimum Gasteiger partial charge on any atom is -0.330 e. The zero-order chi connectivity index (χ0) is 13.9. The quantitative estimate of drug-likeness (QED) is 0.939. The first-order chi connectivity index (χ1) is 9.79. The van der Waals surface area contributed by atoms with Crippen LogP contribution in [0.2, 0.25) is 0 Å². The molecule has 0 spiro atoms. The second kappa shape index (κ2) is 5.77. The summed E-state index contributed by atoms with van der Waals surface area (Å²) in [6.45, 7) is 1.42. The van der Waals surface area contributed by atoms with Gasteiger partial charge < -0.3 is 10.6 Å². The Hall–Kier alpha value is -1.65. The number of thiophene rings is 1. The van der Waals surface area contributed by atoms with E-state index in [0.717, 1.165) is 23.5 Å². The lowest BCUT2D eigenvalue weighted by Gasteiger charge is -2.17. The molecule has 20 heavy (non-hydrogen) atoms. The number of carbonyl (C=O) groups is 1. The smallest absolute Gasteiger partial charge is 0.232 e. The van der Waals surface area contributed by atoms with Crippen molar-refractivity contribution in [2.45, 2.75) is 18.8 Å². The number of nitrogens with zero attached hydrogens (tertiary/aromatic N) is 1. The van der Waals surface area contributed by atoms with Crippen LogP contribution in [0.3, 0.4) is 0 Å².